The summed E-state index contributed by atoms with van der Waals surface area (Å²) in [5, 5.41) is 219. The number of phenolic OH excluding ortho intramolecular Hbond substituents is 15. The quantitative estimate of drug-likeness (QED) is 0.0791. The standard InChI is InChI=1S/C60H50O23/c61-24-6-1-20(2-7-24)57-55(79)50(47-41(82-57)19-37(73)44(52(47)76)48-42-33(69)14-25(62)15-40(42)81-58(53(48)77)22-4-9-28(64)31(67)12-22)46-35(71)17-34(70)45-49(54(78)59(83-60(45)46)23-5-10-29(65)32(68)13-23)43-36(72)18-39-26(51(43)75)16-38(74)56(80-39)21-3-8-27(63)30(66)11-21/h1-15,17-19,38,48-50,53-59,61-79H,16H2. The number of aromatic hydroxyl groups is 15. The zero-order valence-electron chi connectivity index (χ0n) is 42.6. The van der Waals surface area contributed by atoms with Crippen LogP contribution < -0.4 is 18.9 Å². The largest absolute Gasteiger partial charge is 0.508 e. The Balaban J connectivity index is 1.09. The highest BCUT2D eigenvalue weighted by molar-refractivity contribution is 5.73. The summed E-state index contributed by atoms with van der Waals surface area (Å²) in [6, 6.07) is 20.4. The molecule has 11 unspecified atom stereocenters. The van der Waals surface area contributed by atoms with Crippen LogP contribution in [0.4, 0.5) is 0 Å². The molecule has 0 spiro atoms. The van der Waals surface area contributed by atoms with Crippen molar-refractivity contribution in [3.05, 3.63) is 170 Å². The Hall–Kier alpha value is -10.2. The Kier molecular flexibility index (Phi) is 12.6. The van der Waals surface area contributed by atoms with Gasteiger partial charge in [-0.1, -0.05) is 30.3 Å². The number of aliphatic hydroxyl groups excluding tert-OH is 4. The monoisotopic (exact) mass is 1140 g/mol. The Morgan fingerprint density at radius 3 is 1.22 bits per heavy atom. The maximum Gasteiger partial charge on any atom is 0.157 e. The van der Waals surface area contributed by atoms with E-state index in [0.29, 0.717) is 0 Å². The number of aliphatic hydroxyl groups is 4. The minimum Gasteiger partial charge on any atom is -0.508 e. The molecule has 0 amide bonds. The molecule has 19 N–H and O–H groups in total. The van der Waals surface area contributed by atoms with E-state index in [-0.39, 0.29) is 50.6 Å². The van der Waals surface area contributed by atoms with Crippen LogP contribution in [0.15, 0.2) is 109 Å². The van der Waals surface area contributed by atoms with E-state index < -0.39 is 193 Å². The maximum absolute atomic E-state index is 13.0. The second-order valence-corrected chi connectivity index (χ2v) is 20.8. The SMILES string of the molecule is Oc1ccc(C2Oc3cc(O)c(C4c5c(O)cc(O)cc5OC(c5ccc(O)c(O)c5)C4O)c(O)c3C(c3c(O)cc(O)c4c3OC(c3ccc(O)c(O)c3)C(O)C4c3c(O)cc4c(c3O)CC(O)C(c3ccc(O)c(O)c3)O4)C2O)cc1. The molecule has 4 heterocycles. The average molecular weight is 1140 g/mol. The Morgan fingerprint density at radius 1 is 0.289 bits per heavy atom. The Bertz CT molecular complexity index is 3960. The molecule has 0 saturated heterocycles. The third kappa shape index (κ3) is 8.51. The molecule has 12 rings (SSSR count). The van der Waals surface area contributed by atoms with Gasteiger partial charge >= 0.3 is 0 Å². The van der Waals surface area contributed by atoms with Gasteiger partial charge in [0.05, 0.1) is 23.9 Å². The first-order valence-corrected chi connectivity index (χ1v) is 25.6. The molecule has 23 nitrogen and oxygen atoms in total. The molecule has 428 valence electrons. The van der Waals surface area contributed by atoms with Crippen molar-refractivity contribution in [2.24, 2.45) is 0 Å². The summed E-state index contributed by atoms with van der Waals surface area (Å²) < 4.78 is 25.2. The summed E-state index contributed by atoms with van der Waals surface area (Å²) in [4.78, 5) is 0. The predicted molar refractivity (Wildman–Crippen MR) is 283 cm³/mol. The van der Waals surface area contributed by atoms with Gasteiger partial charge in [-0.2, -0.15) is 0 Å². The third-order valence-corrected chi connectivity index (χ3v) is 15.9. The van der Waals surface area contributed by atoms with E-state index in [0.717, 1.165) is 66.7 Å². The lowest BCUT2D eigenvalue weighted by atomic mass is 9.72. The van der Waals surface area contributed by atoms with Gasteiger partial charge < -0.3 is 116 Å². The molecule has 4 aliphatic heterocycles. The molecule has 0 aliphatic carbocycles. The first kappa shape index (κ1) is 53.4. The second kappa shape index (κ2) is 19.5. The topological polar surface area (TPSA) is 421 Å². The molecule has 83 heavy (non-hydrogen) atoms. The van der Waals surface area contributed by atoms with Gasteiger partial charge in [-0.15, -0.1) is 0 Å². The summed E-state index contributed by atoms with van der Waals surface area (Å²) in [6.07, 6.45) is -14.0. The molecule has 0 radical (unpaired) electrons. The molecule has 4 aliphatic rings. The van der Waals surface area contributed by atoms with Crippen LogP contribution in [0.3, 0.4) is 0 Å². The molecule has 23 heteroatoms. The summed E-state index contributed by atoms with van der Waals surface area (Å²) in [7, 11) is 0. The van der Waals surface area contributed by atoms with Crippen LogP contribution in [0.2, 0.25) is 0 Å². The number of fused-ring (bicyclic) bond motifs is 4. The van der Waals surface area contributed by atoms with Gasteiger partial charge in [0.2, 0.25) is 0 Å². The molecule has 0 bridgehead atoms. The Morgan fingerprint density at radius 2 is 0.687 bits per heavy atom. The fourth-order valence-corrected chi connectivity index (χ4v) is 12.1. The van der Waals surface area contributed by atoms with Crippen LogP contribution >= 0.6 is 0 Å². The van der Waals surface area contributed by atoms with Crippen LogP contribution in [0, 0.1) is 0 Å². The molecule has 0 fully saturated rings. The van der Waals surface area contributed by atoms with Gasteiger partial charge in [-0.05, 0) is 70.8 Å². The summed E-state index contributed by atoms with van der Waals surface area (Å²) in [6.45, 7) is 0. The van der Waals surface area contributed by atoms with Crippen LogP contribution in [0.1, 0.15) is 103 Å². The van der Waals surface area contributed by atoms with Crippen molar-refractivity contribution in [2.45, 2.75) is 73.0 Å². The predicted octanol–water partition coefficient (Wildman–Crippen LogP) is 6.19. The zero-order chi connectivity index (χ0) is 58.9. The van der Waals surface area contributed by atoms with Crippen molar-refractivity contribution >= 4 is 0 Å². The van der Waals surface area contributed by atoms with Gasteiger partial charge in [-0.25, -0.2) is 0 Å². The van der Waals surface area contributed by atoms with Crippen molar-refractivity contribution < 1.29 is 116 Å². The van der Waals surface area contributed by atoms with Gasteiger partial charge in [0.1, 0.15) is 99.2 Å². The number of benzene rings is 8. The van der Waals surface area contributed by atoms with Crippen LogP contribution in [0.5, 0.6) is 109 Å². The van der Waals surface area contributed by atoms with E-state index in [1.54, 1.807) is 0 Å². The number of phenols is 15. The van der Waals surface area contributed by atoms with E-state index in [2.05, 4.69) is 0 Å². The van der Waals surface area contributed by atoms with E-state index in [1.165, 1.54) is 42.5 Å². The molecular weight excluding hydrogens is 1090 g/mol. The normalized spacial score (nSPS) is 24.1. The minimum absolute atomic E-state index is 0.0155. The average Bonchev–Trinajstić information content (AvgIpc) is 1.43. The molecular formula is C60H50O23. The third-order valence-electron chi connectivity index (χ3n) is 15.9. The van der Waals surface area contributed by atoms with Crippen LogP contribution in [0.25, 0.3) is 0 Å². The van der Waals surface area contributed by atoms with E-state index in [1.807, 2.05) is 0 Å². The van der Waals surface area contributed by atoms with Gasteiger partial charge in [0.25, 0.3) is 0 Å². The van der Waals surface area contributed by atoms with Crippen molar-refractivity contribution in [1.29, 1.82) is 0 Å². The number of ether oxygens (including phenoxy) is 4. The number of hydrogen-bond donors (Lipinski definition) is 19. The lowest BCUT2D eigenvalue weighted by Crippen LogP contribution is -2.39. The fourth-order valence-electron chi connectivity index (χ4n) is 12.1. The zero-order valence-corrected chi connectivity index (χ0v) is 42.6. The molecule has 0 saturated carbocycles. The first-order valence-electron chi connectivity index (χ1n) is 25.6. The highest BCUT2D eigenvalue weighted by Crippen LogP contribution is 2.64. The lowest BCUT2D eigenvalue weighted by Gasteiger charge is -2.43. The molecule has 8 aromatic carbocycles. The molecule has 8 aromatic rings. The van der Waals surface area contributed by atoms with Gasteiger partial charge in [0.15, 0.2) is 52.8 Å². The minimum atomic E-state index is -2.04. The smallest absolute Gasteiger partial charge is 0.157 e. The number of hydrogen-bond acceptors (Lipinski definition) is 23. The van der Waals surface area contributed by atoms with Crippen LogP contribution in [-0.2, 0) is 6.42 Å². The number of rotatable bonds is 7. The van der Waals surface area contributed by atoms with Crippen LogP contribution in [-0.4, -0.2) is 121 Å². The summed E-state index contributed by atoms with van der Waals surface area (Å²) in [5.41, 5.74) is -2.80. The first-order chi connectivity index (χ1) is 39.5. The van der Waals surface area contributed by atoms with Crippen molar-refractivity contribution in [3.63, 3.8) is 0 Å². The fraction of sp³-hybridized carbons (Fsp3) is 0.200. The van der Waals surface area contributed by atoms with E-state index in [4.69, 9.17) is 18.9 Å². The second-order valence-electron chi connectivity index (χ2n) is 20.8. The highest BCUT2D eigenvalue weighted by atomic mass is 16.5. The Labute approximate surface area is 467 Å². The highest BCUT2D eigenvalue weighted by Gasteiger charge is 2.52. The summed E-state index contributed by atoms with van der Waals surface area (Å²) in [5.74, 6) is -17.2. The van der Waals surface area contributed by atoms with Gasteiger partial charge in [-0.3, -0.25) is 0 Å². The van der Waals surface area contributed by atoms with Crippen molar-refractivity contribution in [3.8, 4) is 109 Å². The van der Waals surface area contributed by atoms with Crippen molar-refractivity contribution in [1.82, 2.24) is 0 Å². The molecule has 0 aromatic heterocycles. The van der Waals surface area contributed by atoms with E-state index >= 15 is 0 Å². The summed E-state index contributed by atoms with van der Waals surface area (Å²) >= 11 is 0. The van der Waals surface area contributed by atoms with Gasteiger partial charge in [0, 0.05) is 75.7 Å². The van der Waals surface area contributed by atoms with Crippen molar-refractivity contribution in [2.75, 3.05) is 0 Å². The van der Waals surface area contributed by atoms with E-state index in [9.17, 15) is 97.0 Å². The maximum atomic E-state index is 13.0. The molecule has 11 atom stereocenters. The lowest BCUT2D eigenvalue weighted by molar-refractivity contribution is -0.00425.